The third-order valence-corrected chi connectivity index (χ3v) is 7.68. The molecular formula is C20H24O2. The van der Waals surface area contributed by atoms with Gasteiger partial charge in [0, 0.05) is 0 Å². The van der Waals surface area contributed by atoms with Crippen LogP contribution in [-0.4, -0.2) is 13.1 Å². The molecule has 1 aromatic carbocycles. The first-order chi connectivity index (χ1) is 10.6. The van der Waals surface area contributed by atoms with Gasteiger partial charge in [-0.25, -0.2) is 0 Å². The number of hydrogen-bond acceptors (Lipinski definition) is 2. The van der Waals surface area contributed by atoms with E-state index in [4.69, 9.17) is 4.74 Å². The maximum atomic E-state index is 12.6. The van der Waals surface area contributed by atoms with Crippen LogP contribution in [0.5, 0.6) is 0 Å². The molecule has 0 saturated heterocycles. The van der Waals surface area contributed by atoms with Crippen molar-refractivity contribution < 1.29 is 9.53 Å². The van der Waals surface area contributed by atoms with Gasteiger partial charge in [-0.2, -0.15) is 0 Å². The van der Waals surface area contributed by atoms with Crippen LogP contribution in [0.25, 0.3) is 0 Å². The van der Waals surface area contributed by atoms with Crippen LogP contribution in [0.1, 0.15) is 50.5 Å². The lowest BCUT2D eigenvalue weighted by Gasteiger charge is -2.64. The molecule has 2 unspecified atom stereocenters. The van der Waals surface area contributed by atoms with E-state index in [9.17, 15) is 4.79 Å². The SMILES string of the molecule is COC(=O)C12CC3CC(c4ccccc4)(CC(C1)C31CC1)C2. The zero-order valence-electron chi connectivity index (χ0n) is 13.3. The van der Waals surface area contributed by atoms with Gasteiger partial charge in [0.05, 0.1) is 12.5 Å². The molecule has 2 atom stereocenters. The average Bonchev–Trinajstić information content (AvgIpc) is 3.34. The minimum absolute atomic E-state index is 0.0673. The summed E-state index contributed by atoms with van der Waals surface area (Å²) in [4.78, 5) is 12.6. The van der Waals surface area contributed by atoms with Crippen LogP contribution in [0.3, 0.4) is 0 Å². The van der Waals surface area contributed by atoms with E-state index in [-0.39, 0.29) is 16.8 Å². The summed E-state index contributed by atoms with van der Waals surface area (Å²) < 4.78 is 5.27. The van der Waals surface area contributed by atoms with Crippen molar-refractivity contribution in [3.63, 3.8) is 0 Å². The van der Waals surface area contributed by atoms with E-state index < -0.39 is 0 Å². The lowest BCUT2D eigenvalue weighted by atomic mass is 9.39. The van der Waals surface area contributed by atoms with Crippen molar-refractivity contribution in [3.8, 4) is 0 Å². The molecule has 1 spiro atoms. The lowest BCUT2D eigenvalue weighted by Crippen LogP contribution is -2.61. The van der Waals surface area contributed by atoms with Gasteiger partial charge in [0.25, 0.3) is 0 Å². The Morgan fingerprint density at radius 3 is 2.23 bits per heavy atom. The minimum atomic E-state index is -0.190. The fraction of sp³-hybridized carbons (Fsp3) is 0.650. The van der Waals surface area contributed by atoms with Crippen molar-refractivity contribution >= 4 is 5.97 Å². The number of ether oxygens (including phenoxy) is 1. The zero-order chi connectivity index (χ0) is 15.0. The molecule has 0 radical (unpaired) electrons. The average molecular weight is 296 g/mol. The van der Waals surface area contributed by atoms with Gasteiger partial charge < -0.3 is 4.74 Å². The van der Waals surface area contributed by atoms with E-state index in [0.29, 0.717) is 5.41 Å². The summed E-state index contributed by atoms with van der Waals surface area (Å²) in [6.45, 7) is 0. The maximum Gasteiger partial charge on any atom is 0.311 e. The summed E-state index contributed by atoms with van der Waals surface area (Å²) in [5, 5.41) is 0. The molecule has 5 aliphatic carbocycles. The first-order valence-electron chi connectivity index (χ1n) is 8.77. The van der Waals surface area contributed by atoms with Gasteiger partial charge in [0.1, 0.15) is 0 Å². The Kier molecular flexibility index (Phi) is 2.37. The number of methoxy groups -OCH3 is 1. The van der Waals surface area contributed by atoms with E-state index in [1.807, 2.05) is 0 Å². The molecule has 4 bridgehead atoms. The molecule has 22 heavy (non-hydrogen) atoms. The lowest BCUT2D eigenvalue weighted by molar-refractivity contribution is -0.181. The van der Waals surface area contributed by atoms with Crippen molar-refractivity contribution in [1.82, 2.24) is 0 Å². The molecule has 0 N–H and O–H groups in total. The minimum Gasteiger partial charge on any atom is -0.469 e. The van der Waals surface area contributed by atoms with E-state index in [0.717, 1.165) is 31.1 Å². The molecule has 2 heteroatoms. The fourth-order valence-electron chi connectivity index (χ4n) is 6.83. The smallest absolute Gasteiger partial charge is 0.311 e. The highest BCUT2D eigenvalue weighted by molar-refractivity contribution is 5.78. The molecule has 0 heterocycles. The monoisotopic (exact) mass is 296 g/mol. The largest absolute Gasteiger partial charge is 0.469 e. The highest BCUT2D eigenvalue weighted by Gasteiger charge is 2.72. The molecule has 5 fully saturated rings. The third kappa shape index (κ3) is 1.44. The van der Waals surface area contributed by atoms with Crippen LogP contribution in [0.15, 0.2) is 30.3 Å². The second-order valence-corrected chi connectivity index (χ2v) is 8.54. The molecule has 5 aliphatic rings. The van der Waals surface area contributed by atoms with Gasteiger partial charge in [-0.3, -0.25) is 4.79 Å². The van der Waals surface area contributed by atoms with Crippen LogP contribution >= 0.6 is 0 Å². The molecular weight excluding hydrogens is 272 g/mol. The molecule has 6 rings (SSSR count). The molecule has 1 aromatic rings. The van der Waals surface area contributed by atoms with Gasteiger partial charge in [0.2, 0.25) is 0 Å². The number of benzene rings is 1. The number of esters is 1. The quantitative estimate of drug-likeness (QED) is 0.768. The Balaban J connectivity index is 1.63. The van der Waals surface area contributed by atoms with Crippen LogP contribution in [0, 0.1) is 22.7 Å². The van der Waals surface area contributed by atoms with E-state index in [1.165, 1.54) is 31.2 Å². The summed E-state index contributed by atoms with van der Waals surface area (Å²) in [5.74, 6) is 1.55. The summed E-state index contributed by atoms with van der Waals surface area (Å²) in [5.41, 5.74) is 2.11. The van der Waals surface area contributed by atoms with Crippen LogP contribution in [0.4, 0.5) is 0 Å². The van der Waals surface area contributed by atoms with Crippen molar-refractivity contribution in [2.24, 2.45) is 22.7 Å². The fourth-order valence-corrected chi connectivity index (χ4v) is 6.83. The Labute approximate surface area is 132 Å². The van der Waals surface area contributed by atoms with Crippen molar-refractivity contribution in [3.05, 3.63) is 35.9 Å². The van der Waals surface area contributed by atoms with Crippen molar-refractivity contribution in [2.75, 3.05) is 7.11 Å². The highest BCUT2D eigenvalue weighted by Crippen LogP contribution is 2.78. The first kappa shape index (κ1) is 13.2. The zero-order valence-corrected chi connectivity index (χ0v) is 13.3. The third-order valence-electron chi connectivity index (χ3n) is 7.68. The molecule has 2 nitrogen and oxygen atoms in total. The molecule has 116 valence electrons. The molecule has 5 saturated carbocycles. The van der Waals surface area contributed by atoms with Crippen LogP contribution in [0.2, 0.25) is 0 Å². The van der Waals surface area contributed by atoms with Gasteiger partial charge in [-0.15, -0.1) is 0 Å². The van der Waals surface area contributed by atoms with Crippen LogP contribution in [-0.2, 0) is 14.9 Å². The summed E-state index contributed by atoms with van der Waals surface area (Å²) >= 11 is 0. The van der Waals surface area contributed by atoms with Gasteiger partial charge in [-0.1, -0.05) is 30.3 Å². The Morgan fingerprint density at radius 1 is 1.05 bits per heavy atom. The predicted octanol–water partition coefficient (Wildman–Crippen LogP) is 4.09. The Bertz CT molecular complexity index is 610. The number of carbonyl (C=O) groups excluding carboxylic acids is 1. The molecule has 0 aromatic heterocycles. The highest BCUT2D eigenvalue weighted by atomic mass is 16.5. The normalized spacial score (nSPS) is 43.3. The predicted molar refractivity (Wildman–Crippen MR) is 84.3 cm³/mol. The number of rotatable bonds is 2. The summed E-state index contributed by atoms with van der Waals surface area (Å²) in [7, 11) is 1.57. The standard InChI is InChI=1S/C20H24O2/c1-22-17(21)19-11-15-9-18(13-19,14-5-3-2-4-6-14)10-16(12-19)20(15)7-8-20/h2-6,15-16H,7-13H2,1H3. The number of hydrogen-bond donors (Lipinski definition) is 0. The van der Waals surface area contributed by atoms with Crippen molar-refractivity contribution in [2.45, 2.75) is 50.4 Å². The topological polar surface area (TPSA) is 26.3 Å². The molecule has 0 amide bonds. The summed E-state index contributed by atoms with van der Waals surface area (Å²) in [6, 6.07) is 11.0. The van der Waals surface area contributed by atoms with Gasteiger partial charge in [0.15, 0.2) is 0 Å². The Hall–Kier alpha value is -1.31. The summed E-state index contributed by atoms with van der Waals surface area (Å²) in [6.07, 6.45) is 8.60. The number of carbonyl (C=O) groups is 1. The second-order valence-electron chi connectivity index (χ2n) is 8.54. The van der Waals surface area contributed by atoms with Gasteiger partial charge in [-0.05, 0) is 73.2 Å². The van der Waals surface area contributed by atoms with Crippen molar-refractivity contribution in [1.29, 1.82) is 0 Å². The Morgan fingerprint density at radius 2 is 1.68 bits per heavy atom. The van der Waals surface area contributed by atoms with E-state index in [1.54, 1.807) is 7.11 Å². The second kappa shape index (κ2) is 3.96. The van der Waals surface area contributed by atoms with E-state index >= 15 is 0 Å². The first-order valence-corrected chi connectivity index (χ1v) is 8.77. The molecule has 0 aliphatic heterocycles. The van der Waals surface area contributed by atoms with Crippen LogP contribution < -0.4 is 0 Å². The van der Waals surface area contributed by atoms with Gasteiger partial charge >= 0.3 is 5.97 Å². The maximum absolute atomic E-state index is 12.6. The van der Waals surface area contributed by atoms with E-state index in [2.05, 4.69) is 30.3 Å².